The monoisotopic (exact) mass is 279 g/mol. The van der Waals surface area contributed by atoms with Crippen molar-refractivity contribution in [2.45, 2.75) is 57.8 Å². The Morgan fingerprint density at radius 2 is 1.95 bits per heavy atom. The van der Waals surface area contributed by atoms with Crippen molar-refractivity contribution in [1.29, 1.82) is 0 Å². The lowest BCUT2D eigenvalue weighted by Crippen LogP contribution is -2.38. The van der Waals surface area contributed by atoms with Crippen molar-refractivity contribution in [3.05, 3.63) is 28.6 Å². The minimum atomic E-state index is -0.174. The molecule has 0 aliphatic heterocycles. The molecule has 0 unspecified atom stereocenters. The zero-order chi connectivity index (χ0) is 14.8. The van der Waals surface area contributed by atoms with Crippen molar-refractivity contribution in [3.8, 4) is 5.75 Å². The van der Waals surface area contributed by atoms with Crippen LogP contribution in [0, 0.1) is 12.7 Å². The molecule has 1 aliphatic rings. The molecule has 1 aliphatic carbocycles. The van der Waals surface area contributed by atoms with Crippen molar-refractivity contribution in [1.82, 2.24) is 0 Å². The molecule has 0 bridgehead atoms. The number of halogens is 1. The Morgan fingerprint density at radius 1 is 1.30 bits per heavy atom. The van der Waals surface area contributed by atoms with Gasteiger partial charge in [0.25, 0.3) is 0 Å². The van der Waals surface area contributed by atoms with Crippen LogP contribution in [0.3, 0.4) is 0 Å². The number of nitrogens with two attached hydrogens (primary N) is 1. The van der Waals surface area contributed by atoms with Crippen molar-refractivity contribution in [2.24, 2.45) is 5.73 Å². The predicted molar refractivity (Wildman–Crippen MR) is 80.9 cm³/mol. The summed E-state index contributed by atoms with van der Waals surface area (Å²) in [4.78, 5) is 0. The topological polar surface area (TPSA) is 35.2 Å². The highest BCUT2D eigenvalue weighted by atomic mass is 19.1. The van der Waals surface area contributed by atoms with E-state index < -0.39 is 0 Å². The van der Waals surface area contributed by atoms with Crippen LogP contribution in [0.15, 0.2) is 6.07 Å². The molecule has 112 valence electrons. The van der Waals surface area contributed by atoms with Gasteiger partial charge in [-0.1, -0.05) is 26.2 Å². The summed E-state index contributed by atoms with van der Waals surface area (Å²) in [5, 5.41) is 0. The van der Waals surface area contributed by atoms with Gasteiger partial charge in [-0.25, -0.2) is 4.39 Å². The molecule has 1 saturated carbocycles. The summed E-state index contributed by atoms with van der Waals surface area (Å²) in [6.45, 7) is 4.48. The summed E-state index contributed by atoms with van der Waals surface area (Å²) in [7, 11) is 1.63. The van der Waals surface area contributed by atoms with Crippen LogP contribution in [0.4, 0.5) is 4.39 Å². The summed E-state index contributed by atoms with van der Waals surface area (Å²) in [5.74, 6) is 0.536. The minimum Gasteiger partial charge on any atom is -0.496 e. The molecule has 3 heteroatoms. The van der Waals surface area contributed by atoms with Gasteiger partial charge in [0, 0.05) is 17.5 Å². The molecule has 0 spiro atoms. The first-order chi connectivity index (χ1) is 9.59. The Balaban J connectivity index is 2.62. The van der Waals surface area contributed by atoms with Gasteiger partial charge in [-0.05, 0) is 43.4 Å². The standard InChI is InChI=1S/C17H26FNO/c1-4-13-14(10-15(18)12(2)16(13)20-3)17(11-19)8-6-5-7-9-17/h10H,4-9,11,19H2,1-3H3. The maximum absolute atomic E-state index is 14.3. The first-order valence-electron chi connectivity index (χ1n) is 7.66. The number of benzene rings is 1. The molecular weight excluding hydrogens is 253 g/mol. The molecule has 1 fully saturated rings. The van der Waals surface area contributed by atoms with E-state index >= 15 is 0 Å². The third-order valence-electron chi connectivity index (χ3n) is 4.90. The van der Waals surface area contributed by atoms with Crippen molar-refractivity contribution in [2.75, 3.05) is 13.7 Å². The van der Waals surface area contributed by atoms with Crippen LogP contribution in [0.1, 0.15) is 55.7 Å². The average Bonchev–Trinajstić information content (AvgIpc) is 2.49. The SMILES string of the molecule is CCc1c(C2(CN)CCCCC2)cc(F)c(C)c1OC. The van der Waals surface area contributed by atoms with E-state index in [1.54, 1.807) is 20.1 Å². The molecule has 1 aromatic rings. The molecular formula is C17H26FNO. The maximum atomic E-state index is 14.3. The van der Waals surface area contributed by atoms with Crippen LogP contribution in [-0.2, 0) is 11.8 Å². The van der Waals surface area contributed by atoms with E-state index in [0.717, 1.165) is 30.4 Å². The maximum Gasteiger partial charge on any atom is 0.130 e. The quantitative estimate of drug-likeness (QED) is 0.908. The molecule has 0 heterocycles. The highest BCUT2D eigenvalue weighted by molar-refractivity contribution is 5.50. The van der Waals surface area contributed by atoms with Gasteiger partial charge in [-0.15, -0.1) is 0 Å². The molecule has 2 N–H and O–H groups in total. The highest BCUT2D eigenvalue weighted by Crippen LogP contribution is 2.43. The average molecular weight is 279 g/mol. The minimum absolute atomic E-state index is 0.0641. The van der Waals surface area contributed by atoms with Crippen LogP contribution in [0.5, 0.6) is 5.75 Å². The first kappa shape index (κ1) is 15.3. The van der Waals surface area contributed by atoms with Crippen LogP contribution >= 0.6 is 0 Å². The summed E-state index contributed by atoms with van der Waals surface area (Å²) in [5.41, 5.74) is 8.88. The number of hydrogen-bond donors (Lipinski definition) is 1. The van der Waals surface area contributed by atoms with Gasteiger partial charge in [0.1, 0.15) is 11.6 Å². The molecule has 0 aromatic heterocycles. The number of rotatable bonds is 4. The molecule has 2 nitrogen and oxygen atoms in total. The van der Waals surface area contributed by atoms with Crippen LogP contribution in [0.2, 0.25) is 0 Å². The third kappa shape index (κ3) is 2.44. The number of methoxy groups -OCH3 is 1. The molecule has 2 rings (SSSR count). The first-order valence-corrected chi connectivity index (χ1v) is 7.66. The highest BCUT2D eigenvalue weighted by Gasteiger charge is 2.36. The lowest BCUT2D eigenvalue weighted by atomic mass is 9.67. The van der Waals surface area contributed by atoms with E-state index in [1.807, 2.05) is 0 Å². The van der Waals surface area contributed by atoms with Gasteiger partial charge >= 0.3 is 0 Å². The zero-order valence-corrected chi connectivity index (χ0v) is 12.9. The Kier molecular flexibility index (Phi) is 4.69. The zero-order valence-electron chi connectivity index (χ0n) is 12.9. The van der Waals surface area contributed by atoms with Crippen LogP contribution in [0.25, 0.3) is 0 Å². The van der Waals surface area contributed by atoms with Gasteiger partial charge in [0.2, 0.25) is 0 Å². The molecule has 20 heavy (non-hydrogen) atoms. The summed E-state index contributed by atoms with van der Waals surface area (Å²) >= 11 is 0. The molecule has 0 amide bonds. The fraction of sp³-hybridized carbons (Fsp3) is 0.647. The van der Waals surface area contributed by atoms with Crippen molar-refractivity contribution in [3.63, 3.8) is 0 Å². The fourth-order valence-corrected chi connectivity index (χ4v) is 3.69. The second kappa shape index (κ2) is 6.13. The number of hydrogen-bond acceptors (Lipinski definition) is 2. The van der Waals surface area contributed by atoms with E-state index in [1.165, 1.54) is 19.3 Å². The summed E-state index contributed by atoms with van der Waals surface area (Å²) in [6, 6.07) is 1.72. The second-order valence-corrected chi connectivity index (χ2v) is 5.94. The fourth-order valence-electron chi connectivity index (χ4n) is 3.69. The van der Waals surface area contributed by atoms with E-state index in [0.29, 0.717) is 17.9 Å². The lowest BCUT2D eigenvalue weighted by molar-refractivity contribution is 0.295. The largest absolute Gasteiger partial charge is 0.496 e. The predicted octanol–water partition coefficient (Wildman–Crippen LogP) is 3.87. The molecule has 0 atom stereocenters. The molecule has 1 aromatic carbocycles. The van der Waals surface area contributed by atoms with E-state index in [4.69, 9.17) is 10.5 Å². The van der Waals surface area contributed by atoms with Gasteiger partial charge in [-0.2, -0.15) is 0 Å². The summed E-state index contributed by atoms with van der Waals surface area (Å²) < 4.78 is 19.8. The normalized spacial score (nSPS) is 18.1. The third-order valence-corrected chi connectivity index (χ3v) is 4.90. The second-order valence-electron chi connectivity index (χ2n) is 5.94. The van der Waals surface area contributed by atoms with E-state index in [2.05, 4.69) is 6.92 Å². The van der Waals surface area contributed by atoms with Crippen LogP contribution in [-0.4, -0.2) is 13.7 Å². The Hall–Kier alpha value is -1.09. The smallest absolute Gasteiger partial charge is 0.130 e. The Bertz CT molecular complexity index is 478. The van der Waals surface area contributed by atoms with Crippen LogP contribution < -0.4 is 10.5 Å². The van der Waals surface area contributed by atoms with Gasteiger partial charge < -0.3 is 10.5 Å². The molecule has 0 saturated heterocycles. The van der Waals surface area contributed by atoms with E-state index in [-0.39, 0.29) is 11.2 Å². The number of ether oxygens (including phenoxy) is 1. The summed E-state index contributed by atoms with van der Waals surface area (Å²) in [6.07, 6.45) is 6.58. The lowest BCUT2D eigenvalue weighted by Gasteiger charge is -2.39. The molecule has 0 radical (unpaired) electrons. The van der Waals surface area contributed by atoms with Gasteiger partial charge in [-0.3, -0.25) is 0 Å². The van der Waals surface area contributed by atoms with Gasteiger partial charge in [0.05, 0.1) is 7.11 Å². The van der Waals surface area contributed by atoms with E-state index in [9.17, 15) is 4.39 Å². The Labute approximate surface area is 121 Å². The van der Waals surface area contributed by atoms with Crippen molar-refractivity contribution >= 4 is 0 Å². The van der Waals surface area contributed by atoms with Crippen molar-refractivity contribution < 1.29 is 9.13 Å². The Morgan fingerprint density at radius 3 is 2.45 bits per heavy atom. The van der Waals surface area contributed by atoms with Gasteiger partial charge in [0.15, 0.2) is 0 Å².